The van der Waals surface area contributed by atoms with Crippen LogP contribution in [0, 0.1) is 0 Å². The number of carbonyl (C=O) groups is 1. The fraction of sp³-hybridized carbons (Fsp3) is 0.167. The molecule has 0 spiro atoms. The Hall–Kier alpha value is -2.31. The summed E-state index contributed by atoms with van der Waals surface area (Å²) < 4.78 is 0. The molecule has 0 aliphatic carbocycles. The molecule has 7 heteroatoms. The first-order valence-corrected chi connectivity index (χ1v) is 9.00. The van der Waals surface area contributed by atoms with Crippen LogP contribution in [-0.2, 0) is 4.79 Å². The van der Waals surface area contributed by atoms with Crippen LogP contribution < -0.4 is 0 Å². The van der Waals surface area contributed by atoms with Crippen LogP contribution in [0.4, 0.5) is 0 Å². The monoisotopic (exact) mass is 372 g/mol. The van der Waals surface area contributed by atoms with Gasteiger partial charge in [-0.25, -0.2) is 0 Å². The first-order chi connectivity index (χ1) is 12.1. The lowest BCUT2D eigenvalue weighted by Crippen LogP contribution is -2.23. The van der Waals surface area contributed by atoms with Crippen molar-refractivity contribution in [2.24, 2.45) is 0 Å². The van der Waals surface area contributed by atoms with Gasteiger partial charge < -0.3 is 4.90 Å². The fourth-order valence-corrected chi connectivity index (χ4v) is 3.42. The summed E-state index contributed by atoms with van der Waals surface area (Å²) in [7, 11) is 3.49. The van der Waals surface area contributed by atoms with Gasteiger partial charge in [0.25, 0.3) is 0 Å². The average molecular weight is 373 g/mol. The highest BCUT2D eigenvalue weighted by Gasteiger charge is 2.18. The maximum Gasteiger partial charge on any atom is 0.232 e. The van der Waals surface area contributed by atoms with E-state index in [2.05, 4.69) is 15.2 Å². The smallest absolute Gasteiger partial charge is 0.232 e. The second-order valence-corrected chi connectivity index (χ2v) is 7.00. The maximum atomic E-state index is 11.9. The number of carbonyl (C=O) groups excluding carboxylic acids is 1. The van der Waals surface area contributed by atoms with Gasteiger partial charge in [-0.05, 0) is 29.8 Å². The number of benzene rings is 1. The molecule has 2 aromatic heterocycles. The van der Waals surface area contributed by atoms with Gasteiger partial charge in [-0.3, -0.25) is 14.9 Å². The van der Waals surface area contributed by atoms with Crippen LogP contribution in [0.5, 0.6) is 0 Å². The minimum Gasteiger partial charge on any atom is -0.348 e. The highest BCUT2D eigenvalue weighted by Crippen LogP contribution is 2.37. The van der Waals surface area contributed by atoms with Crippen molar-refractivity contribution in [2.45, 2.75) is 5.03 Å². The first kappa shape index (κ1) is 17.5. The minimum atomic E-state index is 0.0433. The standard InChI is InChI=1S/C18H17ClN4OS/c1-23(2)15(24)11-25-18-16(12-7-9-20-10-8-12)17(21-22-18)13-3-5-14(19)6-4-13/h3-10H,11H2,1-2H3,(H,21,22). The summed E-state index contributed by atoms with van der Waals surface area (Å²) in [4.78, 5) is 17.6. The molecule has 1 aromatic carbocycles. The predicted octanol–water partition coefficient (Wildman–Crippen LogP) is 3.97. The van der Waals surface area contributed by atoms with Crippen LogP contribution in [0.25, 0.3) is 22.4 Å². The average Bonchev–Trinajstić information content (AvgIpc) is 3.04. The number of nitrogens with one attached hydrogen (secondary N) is 1. The third-order valence-corrected chi connectivity index (χ3v) is 4.88. The lowest BCUT2D eigenvalue weighted by molar-refractivity contribution is -0.125. The number of H-pyrrole nitrogens is 1. The van der Waals surface area contributed by atoms with Crippen molar-refractivity contribution in [1.82, 2.24) is 20.1 Å². The molecule has 1 amide bonds. The van der Waals surface area contributed by atoms with Crippen LogP contribution in [0.15, 0.2) is 53.8 Å². The molecule has 2 heterocycles. The fourth-order valence-electron chi connectivity index (χ4n) is 2.30. The van der Waals surface area contributed by atoms with Crippen LogP contribution in [0.2, 0.25) is 5.02 Å². The Morgan fingerprint density at radius 1 is 1.12 bits per heavy atom. The number of nitrogens with zero attached hydrogens (tertiary/aromatic N) is 3. The van der Waals surface area contributed by atoms with E-state index in [0.29, 0.717) is 10.8 Å². The quantitative estimate of drug-likeness (QED) is 0.688. The number of halogens is 1. The van der Waals surface area contributed by atoms with Crippen molar-refractivity contribution >= 4 is 29.3 Å². The molecule has 0 atom stereocenters. The second kappa shape index (κ2) is 7.72. The number of rotatable bonds is 5. The van der Waals surface area contributed by atoms with Crippen molar-refractivity contribution in [3.05, 3.63) is 53.8 Å². The summed E-state index contributed by atoms with van der Waals surface area (Å²) in [5.41, 5.74) is 3.83. The number of pyridine rings is 1. The van der Waals surface area contributed by atoms with Gasteiger partial charge in [0, 0.05) is 42.6 Å². The topological polar surface area (TPSA) is 61.9 Å². The normalized spacial score (nSPS) is 10.7. The van der Waals surface area contributed by atoms with Crippen LogP contribution >= 0.6 is 23.4 Å². The molecule has 128 valence electrons. The SMILES string of the molecule is CN(C)C(=O)CSc1n[nH]c(-c2ccc(Cl)cc2)c1-c1ccncc1. The number of aromatic amines is 1. The molecule has 3 rings (SSSR count). The highest BCUT2D eigenvalue weighted by molar-refractivity contribution is 8.00. The molecule has 0 fully saturated rings. The molecule has 0 unspecified atom stereocenters. The third-order valence-electron chi connectivity index (χ3n) is 3.67. The molecule has 5 nitrogen and oxygen atoms in total. The van der Waals surface area contributed by atoms with Gasteiger partial charge in [-0.1, -0.05) is 35.5 Å². The van der Waals surface area contributed by atoms with Crippen LogP contribution in [0.3, 0.4) is 0 Å². The second-order valence-electron chi connectivity index (χ2n) is 5.60. The Morgan fingerprint density at radius 3 is 2.44 bits per heavy atom. The van der Waals surface area contributed by atoms with Gasteiger partial charge in [0.05, 0.1) is 11.4 Å². The molecule has 0 saturated carbocycles. The zero-order valence-electron chi connectivity index (χ0n) is 13.9. The third kappa shape index (κ3) is 4.03. The molecule has 0 bridgehead atoms. The number of aromatic nitrogens is 3. The molecular formula is C18H17ClN4OS. The molecule has 3 aromatic rings. The Labute approximate surface area is 155 Å². The Kier molecular flexibility index (Phi) is 5.40. The maximum absolute atomic E-state index is 11.9. The number of hydrogen-bond acceptors (Lipinski definition) is 4. The summed E-state index contributed by atoms with van der Waals surface area (Å²) in [6, 6.07) is 11.4. The van der Waals surface area contributed by atoms with Crippen molar-refractivity contribution < 1.29 is 4.79 Å². The predicted molar refractivity (Wildman–Crippen MR) is 102 cm³/mol. The first-order valence-electron chi connectivity index (χ1n) is 7.64. The van der Waals surface area contributed by atoms with Gasteiger partial charge in [0.2, 0.25) is 5.91 Å². The van der Waals surface area contributed by atoms with E-state index < -0.39 is 0 Å². The molecule has 0 radical (unpaired) electrons. The van der Waals surface area contributed by atoms with Crippen LogP contribution in [-0.4, -0.2) is 45.8 Å². The van der Waals surface area contributed by atoms with Crippen molar-refractivity contribution in [2.75, 3.05) is 19.8 Å². The Morgan fingerprint density at radius 2 is 1.80 bits per heavy atom. The molecule has 0 aliphatic heterocycles. The van der Waals surface area contributed by atoms with E-state index in [0.717, 1.165) is 27.4 Å². The molecule has 1 N–H and O–H groups in total. The van der Waals surface area contributed by atoms with Crippen LogP contribution in [0.1, 0.15) is 0 Å². The van der Waals surface area contributed by atoms with E-state index in [1.54, 1.807) is 31.4 Å². The van der Waals surface area contributed by atoms with Gasteiger partial charge in [-0.15, -0.1) is 0 Å². The van der Waals surface area contributed by atoms with Gasteiger partial charge in [-0.2, -0.15) is 5.10 Å². The van der Waals surface area contributed by atoms with E-state index in [1.807, 2.05) is 36.4 Å². The molecule has 0 aliphatic rings. The van der Waals surface area contributed by atoms with E-state index in [-0.39, 0.29) is 5.91 Å². The van der Waals surface area contributed by atoms with Crippen molar-refractivity contribution in [3.63, 3.8) is 0 Å². The number of hydrogen-bond donors (Lipinski definition) is 1. The van der Waals surface area contributed by atoms with E-state index >= 15 is 0 Å². The molecule has 0 saturated heterocycles. The van der Waals surface area contributed by atoms with E-state index in [4.69, 9.17) is 11.6 Å². The lowest BCUT2D eigenvalue weighted by Gasteiger charge is -2.10. The minimum absolute atomic E-state index is 0.0433. The lowest BCUT2D eigenvalue weighted by atomic mass is 10.0. The van der Waals surface area contributed by atoms with E-state index in [9.17, 15) is 4.79 Å². The summed E-state index contributed by atoms with van der Waals surface area (Å²) in [6.45, 7) is 0. The van der Waals surface area contributed by atoms with Crippen molar-refractivity contribution in [1.29, 1.82) is 0 Å². The Bertz CT molecular complexity index is 863. The van der Waals surface area contributed by atoms with Crippen molar-refractivity contribution in [3.8, 4) is 22.4 Å². The Balaban J connectivity index is 2.01. The van der Waals surface area contributed by atoms with E-state index in [1.165, 1.54) is 11.8 Å². The summed E-state index contributed by atoms with van der Waals surface area (Å²) >= 11 is 7.41. The molecular weight excluding hydrogens is 356 g/mol. The zero-order chi connectivity index (χ0) is 17.8. The zero-order valence-corrected chi connectivity index (χ0v) is 15.4. The molecule has 25 heavy (non-hydrogen) atoms. The number of amides is 1. The highest BCUT2D eigenvalue weighted by atomic mass is 35.5. The summed E-state index contributed by atoms with van der Waals surface area (Å²) in [5, 5.41) is 9.00. The van der Waals surface area contributed by atoms with Gasteiger partial charge in [0.15, 0.2) is 0 Å². The van der Waals surface area contributed by atoms with Gasteiger partial charge >= 0.3 is 0 Å². The van der Waals surface area contributed by atoms with Gasteiger partial charge in [0.1, 0.15) is 5.03 Å². The summed E-state index contributed by atoms with van der Waals surface area (Å²) in [5.74, 6) is 0.373. The number of thioether (sulfide) groups is 1. The largest absolute Gasteiger partial charge is 0.348 e. The summed E-state index contributed by atoms with van der Waals surface area (Å²) in [6.07, 6.45) is 3.49.